The fourth-order valence-electron chi connectivity index (χ4n) is 2.68. The zero-order valence-electron chi connectivity index (χ0n) is 11.9. The van der Waals surface area contributed by atoms with Gasteiger partial charge in [0.15, 0.2) is 0 Å². The molecule has 0 amide bonds. The van der Waals surface area contributed by atoms with Crippen LogP contribution in [0.3, 0.4) is 0 Å². The van der Waals surface area contributed by atoms with E-state index in [1.807, 2.05) is 0 Å². The van der Waals surface area contributed by atoms with Gasteiger partial charge in [-0.05, 0) is 46.8 Å². The lowest BCUT2D eigenvalue weighted by atomic mass is 9.98. The molecule has 2 rings (SSSR count). The van der Waals surface area contributed by atoms with Gasteiger partial charge >= 0.3 is 0 Å². The monoisotopic (exact) mass is 378 g/mol. The average molecular weight is 379 g/mol. The van der Waals surface area contributed by atoms with E-state index in [1.165, 1.54) is 0 Å². The van der Waals surface area contributed by atoms with Gasteiger partial charge in [-0.3, -0.25) is 0 Å². The van der Waals surface area contributed by atoms with Gasteiger partial charge in [0.05, 0.1) is 10.6 Å². The average Bonchev–Trinajstić information content (AvgIpc) is 2.59. The molecule has 7 heteroatoms. The van der Waals surface area contributed by atoms with Gasteiger partial charge in [0.1, 0.15) is 5.82 Å². The number of benzene rings is 1. The second-order valence-corrected chi connectivity index (χ2v) is 8.18. The standard InChI is InChI=1S/C14H20BrFN2O2S/c1-9-5-3-2-4-6-13(9)18-21(19,20)14-8-12(17)11(16)7-10(14)15/h7-9,13,18H,2-6,17H2,1H3. The highest BCUT2D eigenvalue weighted by atomic mass is 79.9. The van der Waals surface area contributed by atoms with Crippen LogP contribution in [0, 0.1) is 11.7 Å². The minimum atomic E-state index is -3.72. The second-order valence-electron chi connectivity index (χ2n) is 5.65. The van der Waals surface area contributed by atoms with Gasteiger partial charge in [-0.25, -0.2) is 17.5 Å². The summed E-state index contributed by atoms with van der Waals surface area (Å²) in [6, 6.07) is 2.15. The van der Waals surface area contributed by atoms with Crippen LogP contribution in [0.4, 0.5) is 10.1 Å². The first-order valence-corrected chi connectivity index (χ1v) is 9.35. The minimum absolute atomic E-state index is 0.0159. The van der Waals surface area contributed by atoms with Crippen LogP contribution in [0.5, 0.6) is 0 Å². The van der Waals surface area contributed by atoms with Crippen LogP contribution in [-0.2, 0) is 10.0 Å². The molecule has 0 aliphatic heterocycles. The molecule has 1 aliphatic rings. The lowest BCUT2D eigenvalue weighted by Crippen LogP contribution is -2.39. The Morgan fingerprint density at radius 3 is 2.67 bits per heavy atom. The Hall–Kier alpha value is -0.660. The Morgan fingerprint density at radius 1 is 1.29 bits per heavy atom. The molecule has 1 aromatic rings. The highest BCUT2D eigenvalue weighted by Crippen LogP contribution is 2.29. The third-order valence-electron chi connectivity index (χ3n) is 4.01. The molecule has 2 atom stereocenters. The van der Waals surface area contributed by atoms with Crippen LogP contribution in [0.1, 0.15) is 39.0 Å². The van der Waals surface area contributed by atoms with Gasteiger partial charge in [-0.1, -0.05) is 26.2 Å². The zero-order valence-corrected chi connectivity index (χ0v) is 14.3. The highest BCUT2D eigenvalue weighted by molar-refractivity contribution is 9.10. The summed E-state index contributed by atoms with van der Waals surface area (Å²) in [6.45, 7) is 2.06. The van der Waals surface area contributed by atoms with Gasteiger partial charge < -0.3 is 5.73 Å². The van der Waals surface area contributed by atoms with Gasteiger partial charge in [0.2, 0.25) is 10.0 Å². The SMILES string of the molecule is CC1CCCCCC1NS(=O)(=O)c1cc(N)c(F)cc1Br. The molecule has 0 saturated heterocycles. The second kappa shape index (κ2) is 6.62. The van der Waals surface area contributed by atoms with Crippen LogP contribution in [0.15, 0.2) is 21.5 Å². The van der Waals surface area contributed by atoms with E-state index in [0.29, 0.717) is 5.92 Å². The molecule has 0 heterocycles. The number of halogens is 2. The molecule has 0 spiro atoms. The van der Waals surface area contributed by atoms with E-state index >= 15 is 0 Å². The topological polar surface area (TPSA) is 72.2 Å². The van der Waals surface area contributed by atoms with Crippen LogP contribution in [-0.4, -0.2) is 14.5 Å². The van der Waals surface area contributed by atoms with Crippen molar-refractivity contribution in [1.29, 1.82) is 0 Å². The van der Waals surface area contributed by atoms with Crippen molar-refractivity contribution in [2.45, 2.75) is 50.0 Å². The van der Waals surface area contributed by atoms with Crippen molar-refractivity contribution in [2.75, 3.05) is 5.73 Å². The summed E-state index contributed by atoms with van der Waals surface area (Å²) in [7, 11) is -3.72. The Balaban J connectivity index is 2.27. The number of sulfonamides is 1. The molecule has 21 heavy (non-hydrogen) atoms. The van der Waals surface area contributed by atoms with E-state index < -0.39 is 15.8 Å². The highest BCUT2D eigenvalue weighted by Gasteiger charge is 2.27. The maximum atomic E-state index is 13.4. The quantitative estimate of drug-likeness (QED) is 0.625. The maximum Gasteiger partial charge on any atom is 0.242 e. The van der Waals surface area contributed by atoms with E-state index in [9.17, 15) is 12.8 Å². The molecular formula is C14H20BrFN2O2S. The molecule has 0 bridgehead atoms. The number of nitrogens with two attached hydrogens (primary N) is 1. The lowest BCUT2D eigenvalue weighted by Gasteiger charge is -2.23. The zero-order chi connectivity index (χ0) is 15.6. The smallest absolute Gasteiger partial charge is 0.242 e. The molecule has 2 unspecified atom stereocenters. The van der Waals surface area contributed by atoms with Crippen LogP contribution in [0.25, 0.3) is 0 Å². The van der Waals surface area contributed by atoms with Crippen molar-refractivity contribution in [3.63, 3.8) is 0 Å². The summed E-state index contributed by atoms with van der Waals surface area (Å²) < 4.78 is 41.3. The van der Waals surface area contributed by atoms with E-state index in [-0.39, 0.29) is 21.1 Å². The van der Waals surface area contributed by atoms with Crippen molar-refractivity contribution >= 4 is 31.6 Å². The molecule has 0 radical (unpaired) electrons. The fraction of sp³-hybridized carbons (Fsp3) is 0.571. The molecule has 4 nitrogen and oxygen atoms in total. The van der Waals surface area contributed by atoms with Crippen molar-refractivity contribution in [2.24, 2.45) is 5.92 Å². The van der Waals surface area contributed by atoms with Gasteiger partial charge in [0.25, 0.3) is 0 Å². The largest absolute Gasteiger partial charge is 0.396 e. The first-order chi connectivity index (χ1) is 9.81. The predicted molar refractivity (Wildman–Crippen MR) is 84.9 cm³/mol. The number of rotatable bonds is 3. The molecular weight excluding hydrogens is 359 g/mol. The molecule has 1 aromatic carbocycles. The Morgan fingerprint density at radius 2 is 1.95 bits per heavy atom. The van der Waals surface area contributed by atoms with Gasteiger partial charge in [-0.15, -0.1) is 0 Å². The number of hydrogen-bond acceptors (Lipinski definition) is 3. The van der Waals surface area contributed by atoms with Gasteiger partial charge in [-0.2, -0.15) is 0 Å². The van der Waals surface area contributed by atoms with Crippen LogP contribution >= 0.6 is 15.9 Å². The minimum Gasteiger partial charge on any atom is -0.396 e. The molecule has 1 saturated carbocycles. The lowest BCUT2D eigenvalue weighted by molar-refractivity contribution is 0.399. The molecule has 0 aromatic heterocycles. The van der Waals surface area contributed by atoms with Gasteiger partial charge in [0, 0.05) is 10.5 Å². The summed E-state index contributed by atoms with van der Waals surface area (Å²) in [6.07, 6.45) is 5.13. The summed E-state index contributed by atoms with van der Waals surface area (Å²) in [4.78, 5) is -0.0159. The van der Waals surface area contributed by atoms with Crippen LogP contribution < -0.4 is 10.5 Å². The van der Waals surface area contributed by atoms with Crippen molar-refractivity contribution < 1.29 is 12.8 Å². The molecule has 3 N–H and O–H groups in total. The Labute approximate surface area is 133 Å². The predicted octanol–water partition coefficient (Wildman–Crippen LogP) is 3.42. The summed E-state index contributed by atoms with van der Waals surface area (Å²) >= 11 is 3.10. The Kier molecular flexibility index (Phi) is 5.27. The van der Waals surface area contributed by atoms with E-state index in [4.69, 9.17) is 5.73 Å². The van der Waals surface area contributed by atoms with E-state index in [0.717, 1.165) is 44.2 Å². The molecule has 1 aliphatic carbocycles. The van der Waals surface area contributed by atoms with Crippen LogP contribution in [0.2, 0.25) is 0 Å². The first-order valence-electron chi connectivity index (χ1n) is 7.08. The Bertz CT molecular complexity index is 622. The molecule has 1 fully saturated rings. The number of anilines is 1. The fourth-order valence-corrected chi connectivity index (χ4v) is 5.11. The summed E-state index contributed by atoms with van der Waals surface area (Å²) in [5.41, 5.74) is 5.31. The maximum absolute atomic E-state index is 13.4. The third-order valence-corrected chi connectivity index (χ3v) is 6.46. The number of nitrogen functional groups attached to an aromatic ring is 1. The van der Waals surface area contributed by atoms with Crippen molar-refractivity contribution in [3.8, 4) is 0 Å². The third kappa shape index (κ3) is 3.96. The molecule has 118 valence electrons. The first kappa shape index (κ1) is 16.7. The van der Waals surface area contributed by atoms with E-state index in [2.05, 4.69) is 27.6 Å². The van der Waals surface area contributed by atoms with Crippen molar-refractivity contribution in [1.82, 2.24) is 4.72 Å². The normalized spacial score (nSPS) is 23.8. The van der Waals surface area contributed by atoms with Crippen molar-refractivity contribution in [3.05, 3.63) is 22.4 Å². The number of nitrogens with one attached hydrogen (secondary N) is 1. The van der Waals surface area contributed by atoms with E-state index in [1.54, 1.807) is 0 Å². The summed E-state index contributed by atoms with van der Waals surface area (Å²) in [5.74, 6) is -0.345. The number of hydrogen-bond donors (Lipinski definition) is 2. The summed E-state index contributed by atoms with van der Waals surface area (Å²) in [5, 5.41) is 0.